The number of halogens is 2. The van der Waals surface area contributed by atoms with Crippen LogP contribution in [-0.2, 0) is 4.74 Å². The van der Waals surface area contributed by atoms with Crippen molar-refractivity contribution in [3.05, 3.63) is 84.4 Å². The van der Waals surface area contributed by atoms with E-state index < -0.39 is 18.0 Å². The first-order chi connectivity index (χ1) is 16.6. The first-order valence-corrected chi connectivity index (χ1v) is 10.3. The van der Waals surface area contributed by atoms with Crippen LogP contribution in [0.25, 0.3) is 28.2 Å². The Hall–Kier alpha value is -4.67. The molecule has 0 radical (unpaired) electrons. The van der Waals surface area contributed by atoms with Crippen LogP contribution >= 0.6 is 0 Å². The fraction of sp³-hybridized carbons (Fsp3) is 0.0870. The van der Waals surface area contributed by atoms with Gasteiger partial charge in [0.1, 0.15) is 36.4 Å². The second-order valence-electron chi connectivity index (χ2n) is 7.64. The number of H-pyrrole nitrogens is 1. The third-order valence-electron chi connectivity index (χ3n) is 5.67. The highest BCUT2D eigenvalue weighted by atomic mass is 19.1. The molecule has 0 unspecified atom stereocenters. The number of hydrogen-bond donors (Lipinski definition) is 1. The SMILES string of the molecule is O=C1OC[C@H](c2ccc(F)cc2)N1c1ccn2ncc(-c3ccc(-c4nc[nH]n4)c(F)c3)c2n1. The number of nitrogens with zero attached hydrogens (tertiary/aromatic N) is 6. The molecule has 1 fully saturated rings. The summed E-state index contributed by atoms with van der Waals surface area (Å²) in [4.78, 5) is 22.6. The lowest BCUT2D eigenvalue weighted by atomic mass is 10.1. The molecule has 0 spiro atoms. The van der Waals surface area contributed by atoms with Crippen molar-refractivity contribution >= 4 is 17.6 Å². The number of aromatic nitrogens is 6. The maximum Gasteiger partial charge on any atom is 0.416 e. The van der Waals surface area contributed by atoms with Crippen LogP contribution in [0.5, 0.6) is 0 Å². The molecule has 168 valence electrons. The molecule has 6 rings (SSSR count). The zero-order valence-corrected chi connectivity index (χ0v) is 17.4. The lowest BCUT2D eigenvalue weighted by Crippen LogP contribution is -2.28. The minimum Gasteiger partial charge on any atom is -0.447 e. The van der Waals surface area contributed by atoms with Crippen LogP contribution in [0.1, 0.15) is 11.6 Å². The molecule has 1 aliphatic heterocycles. The summed E-state index contributed by atoms with van der Waals surface area (Å²) in [6.07, 6.45) is 4.05. The smallest absolute Gasteiger partial charge is 0.416 e. The van der Waals surface area contributed by atoms with Crippen molar-refractivity contribution in [1.82, 2.24) is 29.8 Å². The van der Waals surface area contributed by atoms with Crippen molar-refractivity contribution in [2.45, 2.75) is 6.04 Å². The first-order valence-electron chi connectivity index (χ1n) is 10.3. The summed E-state index contributed by atoms with van der Waals surface area (Å²) in [5.41, 5.74) is 2.54. The average molecular weight is 459 g/mol. The minimum absolute atomic E-state index is 0.108. The Balaban J connectivity index is 1.40. The minimum atomic E-state index is -0.561. The molecule has 3 aromatic heterocycles. The van der Waals surface area contributed by atoms with Gasteiger partial charge in [-0.25, -0.2) is 28.1 Å². The fourth-order valence-corrected chi connectivity index (χ4v) is 4.00. The molecule has 9 nitrogen and oxygen atoms in total. The fourth-order valence-electron chi connectivity index (χ4n) is 4.00. The molecular weight excluding hydrogens is 444 g/mol. The van der Waals surface area contributed by atoms with Gasteiger partial charge in [-0.05, 0) is 41.5 Å². The third kappa shape index (κ3) is 3.25. The number of fused-ring (bicyclic) bond motifs is 1. The molecule has 34 heavy (non-hydrogen) atoms. The average Bonchev–Trinajstić information content (AvgIpc) is 3.59. The second kappa shape index (κ2) is 7.73. The van der Waals surface area contributed by atoms with E-state index in [0.717, 1.165) is 0 Å². The van der Waals surface area contributed by atoms with Crippen LogP contribution in [0.3, 0.4) is 0 Å². The van der Waals surface area contributed by atoms with Gasteiger partial charge in [-0.15, -0.1) is 0 Å². The molecule has 1 N–H and O–H groups in total. The Labute approximate surface area is 190 Å². The first kappa shape index (κ1) is 20.0. The molecular formula is C23H15F2N7O2. The summed E-state index contributed by atoms with van der Waals surface area (Å²) >= 11 is 0. The van der Waals surface area contributed by atoms with Gasteiger partial charge in [0.05, 0.1) is 11.8 Å². The van der Waals surface area contributed by atoms with E-state index in [1.165, 1.54) is 33.9 Å². The van der Waals surface area contributed by atoms with Gasteiger partial charge in [-0.1, -0.05) is 18.2 Å². The van der Waals surface area contributed by atoms with Crippen LogP contribution in [0, 0.1) is 11.6 Å². The number of cyclic esters (lactones) is 1. The number of hydrogen-bond acceptors (Lipinski definition) is 6. The summed E-state index contributed by atoms with van der Waals surface area (Å²) in [5, 5.41) is 10.8. The van der Waals surface area contributed by atoms with Gasteiger partial charge < -0.3 is 4.74 Å². The molecule has 1 saturated heterocycles. The molecule has 1 atom stereocenters. The summed E-state index contributed by atoms with van der Waals surface area (Å²) in [5.74, 6) is -0.273. The molecule has 5 aromatic rings. The lowest BCUT2D eigenvalue weighted by Gasteiger charge is -2.20. The highest BCUT2D eigenvalue weighted by Crippen LogP contribution is 2.34. The van der Waals surface area contributed by atoms with Crippen LogP contribution in [-0.4, -0.2) is 42.5 Å². The topological polar surface area (TPSA) is 101 Å². The Morgan fingerprint density at radius 1 is 1.06 bits per heavy atom. The number of ether oxygens (including phenoxy) is 1. The van der Waals surface area contributed by atoms with Gasteiger partial charge >= 0.3 is 6.09 Å². The Morgan fingerprint density at radius 3 is 2.68 bits per heavy atom. The Kier molecular flexibility index (Phi) is 4.54. The van der Waals surface area contributed by atoms with E-state index in [-0.39, 0.29) is 23.8 Å². The molecule has 2 aromatic carbocycles. The van der Waals surface area contributed by atoms with E-state index in [9.17, 15) is 13.6 Å². The number of nitrogens with one attached hydrogen (secondary N) is 1. The van der Waals surface area contributed by atoms with E-state index in [4.69, 9.17) is 4.74 Å². The highest BCUT2D eigenvalue weighted by Gasteiger charge is 2.36. The molecule has 0 aliphatic carbocycles. The van der Waals surface area contributed by atoms with Gasteiger partial charge in [-0.2, -0.15) is 10.2 Å². The summed E-state index contributed by atoms with van der Waals surface area (Å²) in [6.45, 7) is 0.108. The molecule has 11 heteroatoms. The van der Waals surface area contributed by atoms with Crippen LogP contribution in [0.4, 0.5) is 19.4 Å². The van der Waals surface area contributed by atoms with Gasteiger partial charge in [0.25, 0.3) is 0 Å². The molecule has 0 bridgehead atoms. The van der Waals surface area contributed by atoms with Crippen LogP contribution in [0.15, 0.2) is 67.3 Å². The number of amides is 1. The van der Waals surface area contributed by atoms with E-state index in [0.29, 0.717) is 28.2 Å². The zero-order valence-electron chi connectivity index (χ0n) is 17.4. The normalized spacial score (nSPS) is 15.8. The van der Waals surface area contributed by atoms with Crippen molar-refractivity contribution in [3.63, 3.8) is 0 Å². The van der Waals surface area contributed by atoms with Gasteiger partial charge in [0.2, 0.25) is 0 Å². The highest BCUT2D eigenvalue weighted by molar-refractivity contribution is 5.90. The van der Waals surface area contributed by atoms with Crippen LogP contribution < -0.4 is 4.90 Å². The van der Waals surface area contributed by atoms with E-state index >= 15 is 0 Å². The maximum absolute atomic E-state index is 14.8. The number of benzene rings is 2. The lowest BCUT2D eigenvalue weighted by molar-refractivity contribution is 0.179. The number of rotatable bonds is 4. The number of carbonyl (C=O) groups excluding carboxylic acids is 1. The second-order valence-corrected chi connectivity index (χ2v) is 7.64. The predicted molar refractivity (Wildman–Crippen MR) is 117 cm³/mol. The summed E-state index contributed by atoms with van der Waals surface area (Å²) in [7, 11) is 0. The monoisotopic (exact) mass is 459 g/mol. The van der Waals surface area contributed by atoms with Crippen molar-refractivity contribution < 1.29 is 18.3 Å². The van der Waals surface area contributed by atoms with Crippen molar-refractivity contribution in [1.29, 1.82) is 0 Å². The van der Waals surface area contributed by atoms with Crippen molar-refractivity contribution in [2.24, 2.45) is 0 Å². The van der Waals surface area contributed by atoms with E-state index in [2.05, 4.69) is 25.3 Å². The standard InChI is InChI=1S/C23H15F2N7O2/c24-15-4-1-13(2-5-15)19-11-34-23(33)32(19)20-7-8-31-22(29-20)17(10-28-31)14-3-6-16(18(25)9-14)21-26-12-27-30-21/h1-10,12,19H,11H2,(H,26,27,30)/t19-/m1/s1. The summed E-state index contributed by atoms with van der Waals surface area (Å²) < 4.78 is 35.0. The van der Waals surface area contributed by atoms with Gasteiger partial charge in [-0.3, -0.25) is 10.00 Å². The zero-order chi connectivity index (χ0) is 23.2. The number of anilines is 1. The quantitative estimate of drug-likeness (QED) is 0.433. The van der Waals surface area contributed by atoms with E-state index in [1.807, 2.05) is 0 Å². The molecule has 1 aliphatic rings. The molecule has 4 heterocycles. The summed E-state index contributed by atoms with van der Waals surface area (Å²) in [6, 6.07) is 11.7. The maximum atomic E-state index is 14.8. The van der Waals surface area contributed by atoms with Crippen LogP contribution in [0.2, 0.25) is 0 Å². The van der Waals surface area contributed by atoms with Crippen molar-refractivity contribution in [3.8, 4) is 22.5 Å². The van der Waals surface area contributed by atoms with Crippen molar-refractivity contribution in [2.75, 3.05) is 11.5 Å². The number of aromatic amines is 1. The Bertz CT molecular complexity index is 1520. The number of carbonyl (C=O) groups is 1. The molecule has 1 amide bonds. The van der Waals surface area contributed by atoms with Gasteiger partial charge in [0.15, 0.2) is 11.5 Å². The van der Waals surface area contributed by atoms with E-state index in [1.54, 1.807) is 42.7 Å². The Morgan fingerprint density at radius 2 is 1.91 bits per heavy atom. The molecule has 0 saturated carbocycles. The van der Waals surface area contributed by atoms with Gasteiger partial charge in [0, 0.05) is 11.8 Å². The predicted octanol–water partition coefficient (Wildman–Crippen LogP) is 4.16. The third-order valence-corrected chi connectivity index (χ3v) is 5.67. The largest absolute Gasteiger partial charge is 0.447 e.